The fourth-order valence-electron chi connectivity index (χ4n) is 2.84. The zero-order valence-electron chi connectivity index (χ0n) is 18.1. The lowest BCUT2D eigenvalue weighted by molar-refractivity contribution is 0.215. The van der Waals surface area contributed by atoms with Crippen LogP contribution >= 0.6 is 11.6 Å². The summed E-state index contributed by atoms with van der Waals surface area (Å²) in [5.74, 6) is 2.52. The summed E-state index contributed by atoms with van der Waals surface area (Å²) < 4.78 is 17.5. The van der Waals surface area contributed by atoms with E-state index in [1.54, 1.807) is 12.3 Å². The zero-order chi connectivity index (χ0) is 21.8. The molecule has 30 heavy (non-hydrogen) atoms. The Bertz CT molecular complexity index is 841. The van der Waals surface area contributed by atoms with Crippen molar-refractivity contribution in [1.82, 2.24) is 0 Å². The predicted molar refractivity (Wildman–Crippen MR) is 123 cm³/mol. The van der Waals surface area contributed by atoms with E-state index in [4.69, 9.17) is 25.8 Å². The maximum Gasteiger partial charge on any atom is 0.125 e. The average molecular weight is 432 g/mol. The SMILES string of the molecule is C/C=C/COc1cc(C)c(OCCCCOc2ccc(/C=N/OC)c(Cl)c2)c(C)c1. The van der Waals surface area contributed by atoms with Gasteiger partial charge in [0.25, 0.3) is 0 Å². The van der Waals surface area contributed by atoms with Crippen molar-refractivity contribution >= 4 is 17.8 Å². The lowest BCUT2D eigenvalue weighted by atomic mass is 10.1. The summed E-state index contributed by atoms with van der Waals surface area (Å²) in [6.07, 6.45) is 7.30. The molecule has 0 aliphatic carbocycles. The highest BCUT2D eigenvalue weighted by molar-refractivity contribution is 6.33. The van der Waals surface area contributed by atoms with E-state index in [2.05, 4.69) is 9.99 Å². The summed E-state index contributed by atoms with van der Waals surface area (Å²) >= 11 is 6.21. The van der Waals surface area contributed by atoms with E-state index in [9.17, 15) is 0 Å². The molecule has 162 valence electrons. The first kappa shape index (κ1) is 23.6. The fourth-order valence-corrected chi connectivity index (χ4v) is 3.06. The second kappa shape index (κ2) is 12.8. The fraction of sp³-hybridized carbons (Fsp3) is 0.375. The smallest absolute Gasteiger partial charge is 0.125 e. The van der Waals surface area contributed by atoms with Gasteiger partial charge in [-0.25, -0.2) is 0 Å². The molecule has 0 radical (unpaired) electrons. The van der Waals surface area contributed by atoms with Crippen LogP contribution in [0.15, 0.2) is 47.6 Å². The van der Waals surface area contributed by atoms with Crippen molar-refractivity contribution in [2.24, 2.45) is 5.16 Å². The predicted octanol–water partition coefficient (Wildman–Crippen LogP) is 6.13. The molecule has 2 aromatic carbocycles. The van der Waals surface area contributed by atoms with Gasteiger partial charge in [0.15, 0.2) is 0 Å². The second-order valence-electron chi connectivity index (χ2n) is 6.77. The van der Waals surface area contributed by atoms with Gasteiger partial charge < -0.3 is 19.0 Å². The molecule has 0 N–H and O–H groups in total. The molecular weight excluding hydrogens is 402 g/mol. The first-order valence-corrected chi connectivity index (χ1v) is 10.4. The van der Waals surface area contributed by atoms with E-state index >= 15 is 0 Å². The number of rotatable bonds is 12. The Morgan fingerprint density at radius 1 is 0.933 bits per heavy atom. The Morgan fingerprint density at radius 2 is 1.63 bits per heavy atom. The molecule has 0 heterocycles. The van der Waals surface area contributed by atoms with Crippen LogP contribution in [0.25, 0.3) is 0 Å². The molecule has 5 nitrogen and oxygen atoms in total. The molecule has 0 amide bonds. The van der Waals surface area contributed by atoms with E-state index in [0.29, 0.717) is 24.8 Å². The summed E-state index contributed by atoms with van der Waals surface area (Å²) in [6.45, 7) is 7.87. The summed E-state index contributed by atoms with van der Waals surface area (Å²) in [7, 11) is 1.49. The Kier molecular flexibility index (Phi) is 10.1. The van der Waals surface area contributed by atoms with Gasteiger partial charge in [-0.3, -0.25) is 0 Å². The zero-order valence-corrected chi connectivity index (χ0v) is 18.9. The lowest BCUT2D eigenvalue weighted by Crippen LogP contribution is -2.05. The van der Waals surface area contributed by atoms with Gasteiger partial charge in [0.1, 0.15) is 31.0 Å². The van der Waals surface area contributed by atoms with Crippen LogP contribution in [0.4, 0.5) is 0 Å². The monoisotopic (exact) mass is 431 g/mol. The van der Waals surface area contributed by atoms with Gasteiger partial charge in [0, 0.05) is 5.56 Å². The Hall–Kier alpha value is -2.66. The lowest BCUT2D eigenvalue weighted by Gasteiger charge is -2.14. The number of hydrogen-bond acceptors (Lipinski definition) is 5. The van der Waals surface area contributed by atoms with Gasteiger partial charge in [-0.1, -0.05) is 28.9 Å². The number of aryl methyl sites for hydroxylation is 2. The molecule has 0 fully saturated rings. The number of oxime groups is 1. The van der Waals surface area contributed by atoms with Gasteiger partial charge in [-0.2, -0.15) is 0 Å². The van der Waals surface area contributed by atoms with E-state index in [1.807, 2.05) is 57.2 Å². The number of halogens is 1. The maximum atomic E-state index is 6.21. The molecule has 0 spiro atoms. The molecule has 0 unspecified atom stereocenters. The number of nitrogens with zero attached hydrogens (tertiary/aromatic N) is 1. The number of ether oxygens (including phenoxy) is 3. The number of unbranched alkanes of at least 4 members (excludes halogenated alkanes) is 1. The average Bonchev–Trinajstić information content (AvgIpc) is 2.71. The second-order valence-corrected chi connectivity index (χ2v) is 7.18. The van der Waals surface area contributed by atoms with Crippen LogP contribution in [0.3, 0.4) is 0 Å². The van der Waals surface area contributed by atoms with Crippen LogP contribution in [0.1, 0.15) is 36.5 Å². The van der Waals surface area contributed by atoms with Crippen molar-refractivity contribution in [3.05, 3.63) is 64.2 Å². The first-order chi connectivity index (χ1) is 14.5. The minimum absolute atomic E-state index is 0.570. The molecule has 0 aliphatic rings. The molecule has 0 aliphatic heterocycles. The quantitative estimate of drug-likeness (QED) is 0.175. The van der Waals surface area contributed by atoms with Crippen LogP contribution in [0.2, 0.25) is 5.02 Å². The Morgan fingerprint density at radius 3 is 2.27 bits per heavy atom. The van der Waals surface area contributed by atoms with Crippen molar-refractivity contribution in [2.45, 2.75) is 33.6 Å². The molecule has 0 aromatic heterocycles. The standard InChI is InChI=1S/C24H30ClNO4/c1-5-6-11-29-22-14-18(2)24(19(3)15-22)30-13-8-7-12-28-21-10-9-20(17-26-27-4)23(25)16-21/h5-6,9-10,14-17H,7-8,11-13H2,1-4H3/b6-5+,26-17+. The highest BCUT2D eigenvalue weighted by atomic mass is 35.5. The van der Waals surface area contributed by atoms with Gasteiger partial charge in [-0.15, -0.1) is 0 Å². The van der Waals surface area contributed by atoms with Crippen LogP contribution < -0.4 is 14.2 Å². The minimum Gasteiger partial charge on any atom is -0.494 e. The van der Waals surface area contributed by atoms with Crippen LogP contribution in [0.5, 0.6) is 17.2 Å². The normalized spacial score (nSPS) is 11.2. The minimum atomic E-state index is 0.570. The molecule has 2 rings (SSSR count). The number of benzene rings is 2. The van der Waals surface area contributed by atoms with E-state index in [1.165, 1.54) is 7.11 Å². The molecular formula is C24H30ClNO4. The number of hydrogen-bond donors (Lipinski definition) is 0. The third-order valence-electron chi connectivity index (χ3n) is 4.34. The van der Waals surface area contributed by atoms with Crippen molar-refractivity contribution in [3.63, 3.8) is 0 Å². The largest absolute Gasteiger partial charge is 0.494 e. The molecule has 0 saturated carbocycles. The summed E-state index contributed by atoms with van der Waals surface area (Å²) in [5, 5.41) is 4.28. The van der Waals surface area contributed by atoms with Crippen molar-refractivity contribution in [3.8, 4) is 17.2 Å². The van der Waals surface area contributed by atoms with Crippen molar-refractivity contribution in [2.75, 3.05) is 26.9 Å². The molecule has 0 atom stereocenters. The number of allylic oxidation sites excluding steroid dienone is 1. The Balaban J connectivity index is 1.74. The summed E-state index contributed by atoms with van der Waals surface area (Å²) in [5.41, 5.74) is 2.94. The van der Waals surface area contributed by atoms with Crippen LogP contribution in [-0.2, 0) is 4.84 Å². The van der Waals surface area contributed by atoms with Gasteiger partial charge in [0.2, 0.25) is 0 Å². The van der Waals surface area contributed by atoms with Gasteiger partial charge in [-0.05, 0) is 75.1 Å². The van der Waals surface area contributed by atoms with Crippen LogP contribution in [-0.4, -0.2) is 33.1 Å². The van der Waals surface area contributed by atoms with Crippen LogP contribution in [0, 0.1) is 13.8 Å². The van der Waals surface area contributed by atoms with Gasteiger partial charge in [0.05, 0.1) is 24.5 Å². The highest BCUT2D eigenvalue weighted by Crippen LogP contribution is 2.28. The topological polar surface area (TPSA) is 49.3 Å². The molecule has 0 bridgehead atoms. The Labute approximate surface area is 184 Å². The van der Waals surface area contributed by atoms with Gasteiger partial charge >= 0.3 is 0 Å². The van der Waals surface area contributed by atoms with E-state index in [0.717, 1.165) is 46.8 Å². The first-order valence-electron chi connectivity index (χ1n) is 10.0. The highest BCUT2D eigenvalue weighted by Gasteiger charge is 2.07. The molecule has 0 saturated heterocycles. The molecule has 2 aromatic rings. The van der Waals surface area contributed by atoms with E-state index in [-0.39, 0.29) is 0 Å². The summed E-state index contributed by atoms with van der Waals surface area (Å²) in [4.78, 5) is 4.66. The third-order valence-corrected chi connectivity index (χ3v) is 4.67. The van der Waals surface area contributed by atoms with Crippen molar-refractivity contribution in [1.29, 1.82) is 0 Å². The maximum absolute atomic E-state index is 6.21. The summed E-state index contributed by atoms with van der Waals surface area (Å²) in [6, 6.07) is 9.52. The van der Waals surface area contributed by atoms with E-state index < -0.39 is 0 Å². The molecule has 6 heteroatoms. The third kappa shape index (κ3) is 7.64. The van der Waals surface area contributed by atoms with Crippen molar-refractivity contribution < 1.29 is 19.0 Å².